The summed E-state index contributed by atoms with van der Waals surface area (Å²) in [7, 11) is 1.47. The van der Waals surface area contributed by atoms with Crippen LogP contribution in [0.5, 0.6) is 5.75 Å². The Bertz CT molecular complexity index is 1640. The number of benzene rings is 3. The number of rotatable bonds is 5. The first-order valence-electron chi connectivity index (χ1n) is 12.9. The van der Waals surface area contributed by atoms with E-state index < -0.39 is 17.2 Å². The van der Waals surface area contributed by atoms with Crippen LogP contribution in [0.3, 0.4) is 0 Å². The minimum Gasteiger partial charge on any atom is -0.495 e. The summed E-state index contributed by atoms with van der Waals surface area (Å²) >= 11 is 0. The molecule has 0 atom stereocenters. The summed E-state index contributed by atoms with van der Waals surface area (Å²) in [5, 5.41) is 13.2. The highest BCUT2D eigenvalue weighted by molar-refractivity contribution is 5.92. The van der Waals surface area contributed by atoms with Crippen LogP contribution in [-0.4, -0.2) is 18.8 Å². The van der Waals surface area contributed by atoms with Gasteiger partial charge in [-0.05, 0) is 63.3 Å². The third-order valence-electron chi connectivity index (χ3n) is 7.06. The monoisotopic (exact) mass is 522 g/mol. The van der Waals surface area contributed by atoms with E-state index in [4.69, 9.17) is 13.9 Å². The van der Waals surface area contributed by atoms with Crippen LogP contribution in [-0.2, 0) is 10.3 Å². The minimum atomic E-state index is -0.591. The number of hydrogen-bond donors (Lipinski definition) is 1. The lowest BCUT2D eigenvalue weighted by Gasteiger charge is -2.43. The van der Waals surface area contributed by atoms with Crippen molar-refractivity contribution in [3.63, 3.8) is 0 Å². The van der Waals surface area contributed by atoms with E-state index in [-0.39, 0.29) is 16.6 Å². The quantitative estimate of drug-likeness (QED) is 0.306. The lowest BCUT2D eigenvalue weighted by atomic mass is 9.71. The molecule has 1 aliphatic rings. The Morgan fingerprint density at radius 1 is 1.00 bits per heavy atom. The van der Waals surface area contributed by atoms with Gasteiger partial charge in [0.2, 0.25) is 5.43 Å². The van der Waals surface area contributed by atoms with Gasteiger partial charge >= 0.3 is 6.09 Å². The van der Waals surface area contributed by atoms with Gasteiger partial charge in [0.15, 0.2) is 5.58 Å². The fraction of sp³-hybridized carbons (Fsp3) is 0.281. The lowest BCUT2D eigenvalue weighted by molar-refractivity contribution is 0.0377. The van der Waals surface area contributed by atoms with Gasteiger partial charge in [0.25, 0.3) is 0 Å². The predicted molar refractivity (Wildman–Crippen MR) is 150 cm³/mol. The number of carbonyl (C=O) groups excluding carboxylic acids is 1. The molecule has 0 saturated heterocycles. The van der Waals surface area contributed by atoms with Crippen LogP contribution < -0.4 is 15.5 Å². The second-order valence-corrected chi connectivity index (χ2v) is 10.8. The van der Waals surface area contributed by atoms with Crippen molar-refractivity contribution in [2.24, 2.45) is 0 Å². The molecule has 3 aromatic carbocycles. The fourth-order valence-corrected chi connectivity index (χ4v) is 5.04. The third-order valence-corrected chi connectivity index (χ3v) is 7.06. The molecule has 0 bridgehead atoms. The number of methoxy groups -OCH3 is 1. The van der Waals surface area contributed by atoms with Gasteiger partial charge in [0.05, 0.1) is 23.6 Å². The zero-order valence-corrected chi connectivity index (χ0v) is 22.5. The molecule has 7 heteroatoms. The van der Waals surface area contributed by atoms with Crippen molar-refractivity contribution in [1.82, 2.24) is 5.32 Å². The Hall–Kier alpha value is -4.57. The molecule has 1 aromatic heterocycles. The summed E-state index contributed by atoms with van der Waals surface area (Å²) in [6.07, 6.45) is 2.15. The largest absolute Gasteiger partial charge is 0.495 e. The highest BCUT2D eigenvalue weighted by Crippen LogP contribution is 2.43. The molecule has 0 radical (unpaired) electrons. The molecule has 198 valence electrons. The van der Waals surface area contributed by atoms with Crippen molar-refractivity contribution in [1.29, 1.82) is 5.26 Å². The van der Waals surface area contributed by atoms with Gasteiger partial charge < -0.3 is 19.2 Å². The molecule has 1 saturated carbocycles. The second-order valence-electron chi connectivity index (χ2n) is 10.8. The highest BCUT2D eigenvalue weighted by Gasteiger charge is 2.41. The van der Waals surface area contributed by atoms with E-state index in [1.807, 2.05) is 75.4 Å². The summed E-state index contributed by atoms with van der Waals surface area (Å²) in [5.41, 5.74) is 1.76. The first kappa shape index (κ1) is 26.1. The average molecular weight is 523 g/mol. The number of amides is 1. The van der Waals surface area contributed by atoms with Crippen LogP contribution in [0.15, 0.2) is 75.9 Å². The van der Waals surface area contributed by atoms with Crippen molar-refractivity contribution in [3.8, 4) is 34.3 Å². The van der Waals surface area contributed by atoms with E-state index >= 15 is 0 Å². The molecular formula is C32H30N2O5. The van der Waals surface area contributed by atoms with E-state index in [9.17, 15) is 14.9 Å². The smallest absolute Gasteiger partial charge is 0.408 e. The van der Waals surface area contributed by atoms with Crippen molar-refractivity contribution < 1.29 is 18.7 Å². The van der Waals surface area contributed by atoms with Gasteiger partial charge in [-0.25, -0.2) is 4.79 Å². The normalized spacial score (nSPS) is 14.2. The van der Waals surface area contributed by atoms with Gasteiger partial charge in [-0.3, -0.25) is 4.79 Å². The number of fused-ring (bicyclic) bond motifs is 1. The summed E-state index contributed by atoms with van der Waals surface area (Å²) in [6.45, 7) is 5.51. The topological polar surface area (TPSA) is 102 Å². The Kier molecular flexibility index (Phi) is 6.65. The Balaban J connectivity index is 1.62. The van der Waals surface area contributed by atoms with E-state index in [0.717, 1.165) is 24.8 Å². The van der Waals surface area contributed by atoms with E-state index in [1.54, 1.807) is 12.1 Å². The number of ether oxygens (including phenoxy) is 2. The maximum Gasteiger partial charge on any atom is 0.408 e. The highest BCUT2D eigenvalue weighted by atomic mass is 16.6. The molecule has 1 N–H and O–H groups in total. The molecular weight excluding hydrogens is 492 g/mol. The Morgan fingerprint density at radius 3 is 2.26 bits per heavy atom. The Labute approximate surface area is 227 Å². The fourth-order valence-electron chi connectivity index (χ4n) is 5.04. The lowest BCUT2D eigenvalue weighted by Crippen LogP contribution is -2.52. The Morgan fingerprint density at radius 2 is 1.69 bits per heavy atom. The summed E-state index contributed by atoms with van der Waals surface area (Å²) in [5.74, 6) is 0.711. The summed E-state index contributed by atoms with van der Waals surface area (Å²) in [6, 6.07) is 22.3. The standard InChI is InChI=1S/C32H30N2O5/c1-31(2,3)39-30(36)34-32(17-8-18-32)22-13-11-20(12-14-22)26-27(35)23-15-16-25(37-4)24(19-33)29(23)38-28(26)21-9-6-5-7-10-21/h5-7,9-16H,8,17-18H2,1-4H3,(H,34,36). The van der Waals surface area contributed by atoms with Crippen molar-refractivity contribution in [3.05, 3.63) is 88.1 Å². The molecule has 0 aliphatic heterocycles. The van der Waals surface area contributed by atoms with Gasteiger partial charge in [-0.15, -0.1) is 0 Å². The van der Waals surface area contributed by atoms with Gasteiger partial charge in [-0.1, -0.05) is 54.6 Å². The number of carbonyl (C=O) groups is 1. The first-order valence-corrected chi connectivity index (χ1v) is 12.9. The van der Waals surface area contributed by atoms with E-state index in [1.165, 1.54) is 7.11 Å². The van der Waals surface area contributed by atoms with Crippen molar-refractivity contribution >= 4 is 17.1 Å². The van der Waals surface area contributed by atoms with Gasteiger partial charge in [0.1, 0.15) is 28.7 Å². The predicted octanol–water partition coefficient (Wildman–Crippen LogP) is 6.91. The maximum atomic E-state index is 13.9. The molecule has 5 rings (SSSR count). The molecule has 0 unspecified atom stereocenters. The molecule has 0 spiro atoms. The molecule has 1 fully saturated rings. The molecule has 1 aliphatic carbocycles. The zero-order valence-electron chi connectivity index (χ0n) is 22.5. The number of nitrogens with zero attached hydrogens (tertiary/aromatic N) is 1. The van der Waals surface area contributed by atoms with Gasteiger partial charge in [-0.2, -0.15) is 5.26 Å². The number of nitrogens with one attached hydrogen (secondary N) is 1. The van der Waals surface area contributed by atoms with Crippen LogP contribution >= 0.6 is 0 Å². The van der Waals surface area contributed by atoms with Crippen molar-refractivity contribution in [2.75, 3.05) is 7.11 Å². The van der Waals surface area contributed by atoms with Crippen LogP contribution in [0.2, 0.25) is 0 Å². The molecule has 7 nitrogen and oxygen atoms in total. The van der Waals surface area contributed by atoms with E-state index in [0.29, 0.717) is 33.6 Å². The molecule has 4 aromatic rings. The summed E-state index contributed by atoms with van der Waals surface area (Å²) < 4.78 is 17.2. The summed E-state index contributed by atoms with van der Waals surface area (Å²) in [4.78, 5) is 26.5. The van der Waals surface area contributed by atoms with E-state index in [2.05, 4.69) is 11.4 Å². The molecule has 1 amide bonds. The number of alkyl carbamates (subject to hydrolysis) is 1. The first-order chi connectivity index (χ1) is 18.7. The average Bonchev–Trinajstić information content (AvgIpc) is 2.89. The molecule has 1 heterocycles. The zero-order chi connectivity index (χ0) is 27.8. The number of nitriles is 1. The van der Waals surface area contributed by atoms with Crippen LogP contribution in [0.25, 0.3) is 33.4 Å². The minimum absolute atomic E-state index is 0.173. The van der Waals surface area contributed by atoms with Crippen LogP contribution in [0.1, 0.15) is 51.2 Å². The van der Waals surface area contributed by atoms with Crippen molar-refractivity contribution in [2.45, 2.75) is 51.2 Å². The molecule has 39 heavy (non-hydrogen) atoms. The SMILES string of the molecule is COc1ccc2c(=O)c(-c3ccc(C4(NC(=O)OC(C)(C)C)CCC4)cc3)c(-c3ccccc3)oc2c1C#N. The second kappa shape index (κ2) is 9.95. The number of hydrogen-bond acceptors (Lipinski definition) is 6. The van der Waals surface area contributed by atoms with Crippen LogP contribution in [0.4, 0.5) is 4.79 Å². The third kappa shape index (κ3) is 4.86. The maximum absolute atomic E-state index is 13.9. The van der Waals surface area contributed by atoms with Gasteiger partial charge in [0, 0.05) is 5.56 Å². The van der Waals surface area contributed by atoms with Crippen LogP contribution in [0, 0.1) is 11.3 Å².